The Morgan fingerprint density at radius 2 is 1.96 bits per heavy atom. The molecular formula is C18H14N3O4-. The van der Waals surface area contributed by atoms with Crippen molar-refractivity contribution in [3.05, 3.63) is 66.7 Å². The molecule has 3 aromatic rings. The van der Waals surface area contributed by atoms with E-state index in [0.29, 0.717) is 11.5 Å². The molecule has 1 N–H and O–H groups in total. The summed E-state index contributed by atoms with van der Waals surface area (Å²) in [5.74, 6) is -0.0995. The van der Waals surface area contributed by atoms with Gasteiger partial charge in [0.1, 0.15) is 12.4 Å². The van der Waals surface area contributed by atoms with Crippen LogP contribution in [0.25, 0.3) is 11.3 Å². The van der Waals surface area contributed by atoms with Crippen LogP contribution in [0.4, 0.5) is 5.69 Å². The molecule has 7 nitrogen and oxygen atoms in total. The van der Waals surface area contributed by atoms with E-state index in [-0.39, 0.29) is 0 Å². The fraction of sp³-hybridized carbons (Fsp3) is 0.0556. The minimum Gasteiger partial charge on any atom is -0.546 e. The van der Waals surface area contributed by atoms with E-state index in [4.69, 9.17) is 9.15 Å². The molecule has 1 aromatic heterocycles. The lowest BCUT2D eigenvalue weighted by atomic mass is 10.2. The zero-order valence-electron chi connectivity index (χ0n) is 13.1. The van der Waals surface area contributed by atoms with Crippen molar-refractivity contribution >= 4 is 17.9 Å². The fourth-order valence-corrected chi connectivity index (χ4v) is 2.04. The van der Waals surface area contributed by atoms with Crippen LogP contribution >= 0.6 is 0 Å². The van der Waals surface area contributed by atoms with Gasteiger partial charge in [0.2, 0.25) is 0 Å². The van der Waals surface area contributed by atoms with E-state index in [1.54, 1.807) is 36.7 Å². The second-order valence-corrected chi connectivity index (χ2v) is 5.04. The Hall–Kier alpha value is -3.61. The van der Waals surface area contributed by atoms with Crippen LogP contribution in [0.1, 0.15) is 5.56 Å². The molecule has 0 unspecified atom stereocenters. The van der Waals surface area contributed by atoms with Gasteiger partial charge in [0, 0.05) is 5.56 Å². The van der Waals surface area contributed by atoms with E-state index in [9.17, 15) is 9.90 Å². The Morgan fingerprint density at radius 3 is 2.60 bits per heavy atom. The summed E-state index contributed by atoms with van der Waals surface area (Å²) in [5.41, 5.74) is 5.52. The summed E-state index contributed by atoms with van der Waals surface area (Å²) in [7, 11) is 0. The first-order valence-corrected chi connectivity index (χ1v) is 7.41. The normalized spacial score (nSPS) is 10.7. The number of ether oxygens (including phenoxy) is 1. The predicted octanol–water partition coefficient (Wildman–Crippen LogP) is 1.92. The number of carbonyl (C=O) groups is 1. The Labute approximate surface area is 143 Å². The summed E-state index contributed by atoms with van der Waals surface area (Å²) in [5, 5.41) is 14.5. The second-order valence-electron chi connectivity index (χ2n) is 5.04. The molecule has 25 heavy (non-hydrogen) atoms. The zero-order valence-corrected chi connectivity index (χ0v) is 13.1. The first-order valence-electron chi connectivity index (χ1n) is 7.41. The average Bonchev–Trinajstić information content (AvgIpc) is 3.16. The van der Waals surface area contributed by atoms with E-state index in [0.717, 1.165) is 16.8 Å². The number of hydrazone groups is 1. The fourth-order valence-electron chi connectivity index (χ4n) is 2.04. The maximum Gasteiger partial charge on any atom is 0.181 e. The van der Waals surface area contributed by atoms with Gasteiger partial charge in [0.05, 0.1) is 24.1 Å². The Kier molecular flexibility index (Phi) is 5.06. The molecule has 0 spiro atoms. The minimum atomic E-state index is -1.26. The van der Waals surface area contributed by atoms with Gasteiger partial charge in [-0.05, 0) is 54.1 Å². The van der Waals surface area contributed by atoms with Crippen LogP contribution in [0, 0.1) is 0 Å². The van der Waals surface area contributed by atoms with Gasteiger partial charge in [-0.2, -0.15) is 5.10 Å². The average molecular weight is 336 g/mol. The van der Waals surface area contributed by atoms with Gasteiger partial charge in [-0.25, -0.2) is 4.98 Å². The van der Waals surface area contributed by atoms with Gasteiger partial charge in [0.25, 0.3) is 0 Å². The zero-order chi connectivity index (χ0) is 17.5. The number of anilines is 1. The number of oxazole rings is 1. The highest BCUT2D eigenvalue weighted by Crippen LogP contribution is 2.20. The summed E-state index contributed by atoms with van der Waals surface area (Å²) in [4.78, 5) is 14.2. The highest BCUT2D eigenvalue weighted by molar-refractivity contribution is 5.80. The van der Waals surface area contributed by atoms with Crippen molar-refractivity contribution in [3.63, 3.8) is 0 Å². The van der Waals surface area contributed by atoms with Crippen molar-refractivity contribution in [2.45, 2.75) is 0 Å². The third-order valence-corrected chi connectivity index (χ3v) is 3.25. The Bertz CT molecular complexity index is 841. The number of nitrogens with one attached hydrogen (secondary N) is 1. The van der Waals surface area contributed by atoms with Crippen LogP contribution in [0.5, 0.6) is 5.75 Å². The number of carboxylic acid groups (broad SMARTS) is 1. The topological polar surface area (TPSA) is 99.8 Å². The van der Waals surface area contributed by atoms with E-state index in [1.807, 2.05) is 24.3 Å². The molecule has 0 atom stereocenters. The lowest BCUT2D eigenvalue weighted by molar-refractivity contribution is -0.307. The summed E-state index contributed by atoms with van der Waals surface area (Å²) < 4.78 is 10.2. The number of aromatic nitrogens is 1. The smallest absolute Gasteiger partial charge is 0.181 e. The van der Waals surface area contributed by atoms with Gasteiger partial charge in [-0.3, -0.25) is 5.43 Å². The summed E-state index contributed by atoms with van der Waals surface area (Å²) in [6.45, 7) is -0.473. The Morgan fingerprint density at radius 1 is 1.20 bits per heavy atom. The van der Waals surface area contributed by atoms with Crippen LogP contribution in [-0.2, 0) is 4.79 Å². The first-order chi connectivity index (χ1) is 12.2. The number of carbonyl (C=O) groups excluding carboxylic acids is 1. The van der Waals surface area contributed by atoms with Crippen LogP contribution in [0.15, 0.2) is 70.6 Å². The lowest BCUT2D eigenvalue weighted by Crippen LogP contribution is -2.28. The maximum absolute atomic E-state index is 10.3. The maximum atomic E-state index is 10.3. The summed E-state index contributed by atoms with van der Waals surface area (Å²) in [6, 6.07) is 14.4. The molecule has 7 heteroatoms. The Balaban J connectivity index is 1.55. The third kappa shape index (κ3) is 4.68. The van der Waals surface area contributed by atoms with Gasteiger partial charge >= 0.3 is 0 Å². The summed E-state index contributed by atoms with van der Waals surface area (Å²) >= 11 is 0. The molecule has 3 rings (SSSR count). The molecule has 0 radical (unpaired) electrons. The molecule has 0 aliphatic carbocycles. The second kappa shape index (κ2) is 7.78. The summed E-state index contributed by atoms with van der Waals surface area (Å²) in [6.07, 6.45) is 4.69. The highest BCUT2D eigenvalue weighted by Gasteiger charge is 2.00. The number of carboxylic acids is 1. The van der Waals surface area contributed by atoms with Gasteiger partial charge < -0.3 is 19.1 Å². The third-order valence-electron chi connectivity index (χ3n) is 3.25. The molecule has 1 heterocycles. The number of nitrogens with zero attached hydrogens (tertiary/aromatic N) is 2. The van der Waals surface area contributed by atoms with Gasteiger partial charge in [-0.1, -0.05) is 0 Å². The van der Waals surface area contributed by atoms with E-state index in [2.05, 4.69) is 15.5 Å². The first kappa shape index (κ1) is 16.3. The monoisotopic (exact) mass is 336 g/mol. The number of benzene rings is 2. The van der Waals surface area contributed by atoms with Gasteiger partial charge in [-0.15, -0.1) is 0 Å². The van der Waals surface area contributed by atoms with E-state index in [1.165, 1.54) is 6.39 Å². The molecule has 0 aliphatic heterocycles. The van der Waals surface area contributed by atoms with Crippen LogP contribution in [0.2, 0.25) is 0 Å². The van der Waals surface area contributed by atoms with Crippen molar-refractivity contribution in [2.24, 2.45) is 5.10 Å². The SMILES string of the molecule is O=C([O-])COc1ccc(/C=N/Nc2ccc(-c3cnco3)cc2)cc1. The van der Waals surface area contributed by atoms with Gasteiger partial charge in [0.15, 0.2) is 12.2 Å². The molecule has 0 fully saturated rings. The molecule has 0 saturated heterocycles. The largest absolute Gasteiger partial charge is 0.546 e. The molecule has 2 aromatic carbocycles. The van der Waals surface area contributed by atoms with Crippen molar-refractivity contribution in [1.82, 2.24) is 4.98 Å². The molecule has 126 valence electrons. The number of hydrogen-bond donors (Lipinski definition) is 1. The van der Waals surface area contributed by atoms with Crippen LogP contribution in [-0.4, -0.2) is 23.8 Å². The quantitative estimate of drug-likeness (QED) is 0.523. The molecule has 0 amide bonds. The van der Waals surface area contributed by atoms with Crippen LogP contribution in [0.3, 0.4) is 0 Å². The van der Waals surface area contributed by atoms with Crippen LogP contribution < -0.4 is 15.3 Å². The molecule has 0 aliphatic rings. The van der Waals surface area contributed by atoms with E-state index >= 15 is 0 Å². The van der Waals surface area contributed by atoms with Crippen molar-refractivity contribution in [3.8, 4) is 17.1 Å². The molecule has 0 bridgehead atoms. The predicted molar refractivity (Wildman–Crippen MR) is 90.1 cm³/mol. The van der Waals surface area contributed by atoms with Crippen molar-refractivity contribution in [1.29, 1.82) is 0 Å². The number of rotatable bonds is 7. The standard InChI is InChI=1S/C18H15N3O4/c22-18(23)11-24-16-7-1-13(2-8-16)9-20-21-15-5-3-14(4-6-15)17-10-19-12-25-17/h1-10,12,21H,11H2,(H,22,23)/p-1/b20-9+. The number of aliphatic carboxylic acids is 1. The highest BCUT2D eigenvalue weighted by atomic mass is 16.5. The van der Waals surface area contributed by atoms with Crippen molar-refractivity contribution in [2.75, 3.05) is 12.0 Å². The minimum absolute atomic E-state index is 0.456. The van der Waals surface area contributed by atoms with Crippen molar-refractivity contribution < 1.29 is 19.1 Å². The van der Waals surface area contributed by atoms with E-state index < -0.39 is 12.6 Å². The lowest BCUT2D eigenvalue weighted by Gasteiger charge is -2.06. The number of hydrogen-bond acceptors (Lipinski definition) is 7. The molecule has 0 saturated carbocycles. The molecular weight excluding hydrogens is 322 g/mol.